The molecule has 0 saturated heterocycles. The molecular weight excluding hydrogens is 258 g/mol. The van der Waals surface area contributed by atoms with Crippen LogP contribution in [-0.4, -0.2) is 30.5 Å². The molecule has 0 fully saturated rings. The molecule has 4 nitrogen and oxygen atoms in total. The number of nitrogens with zero attached hydrogens (tertiary/aromatic N) is 1. The maximum absolute atomic E-state index is 11.6. The van der Waals surface area contributed by atoms with Crippen molar-refractivity contribution in [3.8, 4) is 0 Å². The molecule has 0 aliphatic carbocycles. The quantitative estimate of drug-likeness (QED) is 0.791. The summed E-state index contributed by atoms with van der Waals surface area (Å²) in [6.07, 6.45) is 3.20. The van der Waals surface area contributed by atoms with E-state index in [9.17, 15) is 4.79 Å². The Kier molecular flexibility index (Phi) is 5.28. The second-order valence-corrected chi connectivity index (χ2v) is 3.92. The van der Waals surface area contributed by atoms with Gasteiger partial charge in [-0.1, -0.05) is 6.92 Å². The molecule has 0 aromatic carbocycles. The van der Waals surface area contributed by atoms with E-state index < -0.39 is 0 Å². The molecule has 0 unspecified atom stereocenters. The summed E-state index contributed by atoms with van der Waals surface area (Å²) >= 11 is 3.27. The lowest BCUT2D eigenvalue weighted by Gasteiger charge is -2.05. The first-order valence-electron chi connectivity index (χ1n) is 4.83. The number of nitrogens with one attached hydrogen (secondary N) is 2. The topological polar surface area (TPSA) is 54.0 Å². The summed E-state index contributed by atoms with van der Waals surface area (Å²) in [7, 11) is 0. The number of hydrogen-bond acceptors (Lipinski definition) is 3. The summed E-state index contributed by atoms with van der Waals surface area (Å²) in [4.78, 5) is 15.5. The van der Waals surface area contributed by atoms with Crippen molar-refractivity contribution in [2.45, 2.75) is 6.92 Å². The smallest absolute Gasteiger partial charge is 0.252 e. The highest BCUT2D eigenvalue weighted by Gasteiger charge is 2.04. The Hall–Kier alpha value is -0.940. The van der Waals surface area contributed by atoms with Crippen molar-refractivity contribution in [3.05, 3.63) is 28.5 Å². The second-order valence-electron chi connectivity index (χ2n) is 3.00. The Labute approximate surface area is 97.6 Å². The lowest BCUT2D eigenvalue weighted by molar-refractivity contribution is 0.0953. The molecule has 1 amide bonds. The molecule has 2 N–H and O–H groups in total. The van der Waals surface area contributed by atoms with Crippen molar-refractivity contribution in [1.29, 1.82) is 0 Å². The van der Waals surface area contributed by atoms with Crippen LogP contribution in [0.3, 0.4) is 0 Å². The number of hydrogen-bond donors (Lipinski definition) is 2. The van der Waals surface area contributed by atoms with Gasteiger partial charge >= 0.3 is 0 Å². The Balaban J connectivity index is 2.40. The zero-order valence-electron chi connectivity index (χ0n) is 8.59. The van der Waals surface area contributed by atoms with Gasteiger partial charge in [-0.2, -0.15) is 0 Å². The van der Waals surface area contributed by atoms with Crippen LogP contribution in [-0.2, 0) is 0 Å². The van der Waals surface area contributed by atoms with E-state index in [-0.39, 0.29) is 5.91 Å². The normalized spacial score (nSPS) is 10.0. The lowest BCUT2D eigenvalue weighted by atomic mass is 10.3. The van der Waals surface area contributed by atoms with Gasteiger partial charge in [0, 0.05) is 30.0 Å². The molecule has 0 aliphatic heterocycles. The third-order valence-electron chi connectivity index (χ3n) is 1.80. The van der Waals surface area contributed by atoms with Crippen LogP contribution in [0.1, 0.15) is 17.3 Å². The molecule has 0 bridgehead atoms. The zero-order chi connectivity index (χ0) is 11.1. The van der Waals surface area contributed by atoms with Crippen molar-refractivity contribution >= 4 is 21.8 Å². The SMILES string of the molecule is CCNCCNC(=O)c1cncc(Br)c1. The van der Waals surface area contributed by atoms with Gasteiger partial charge in [-0.25, -0.2) is 0 Å². The molecule has 1 rings (SSSR count). The van der Waals surface area contributed by atoms with Crippen LogP contribution in [0.25, 0.3) is 0 Å². The third kappa shape index (κ3) is 4.40. The maximum atomic E-state index is 11.6. The number of carbonyl (C=O) groups is 1. The van der Waals surface area contributed by atoms with Crippen molar-refractivity contribution in [2.24, 2.45) is 0 Å². The van der Waals surface area contributed by atoms with Crippen molar-refractivity contribution < 1.29 is 4.79 Å². The monoisotopic (exact) mass is 271 g/mol. The average molecular weight is 272 g/mol. The van der Waals surface area contributed by atoms with Gasteiger partial charge in [-0.3, -0.25) is 9.78 Å². The van der Waals surface area contributed by atoms with Gasteiger partial charge in [0.2, 0.25) is 0 Å². The van der Waals surface area contributed by atoms with Crippen LogP contribution in [0.4, 0.5) is 0 Å². The van der Waals surface area contributed by atoms with Crippen molar-refractivity contribution in [1.82, 2.24) is 15.6 Å². The van der Waals surface area contributed by atoms with Gasteiger partial charge in [0.15, 0.2) is 0 Å². The van der Waals surface area contributed by atoms with Gasteiger partial charge < -0.3 is 10.6 Å². The molecule has 1 heterocycles. The summed E-state index contributed by atoms with van der Waals surface area (Å²) in [6.45, 7) is 4.34. The van der Waals surface area contributed by atoms with Crippen LogP contribution < -0.4 is 10.6 Å². The third-order valence-corrected chi connectivity index (χ3v) is 2.24. The lowest BCUT2D eigenvalue weighted by Crippen LogP contribution is -2.31. The molecule has 0 aliphatic rings. The molecule has 82 valence electrons. The van der Waals surface area contributed by atoms with Crippen LogP contribution >= 0.6 is 15.9 Å². The predicted molar refractivity (Wildman–Crippen MR) is 62.8 cm³/mol. The number of pyridine rings is 1. The maximum Gasteiger partial charge on any atom is 0.252 e. The van der Waals surface area contributed by atoms with Crippen LogP contribution in [0.5, 0.6) is 0 Å². The highest BCUT2D eigenvalue weighted by atomic mass is 79.9. The fourth-order valence-electron chi connectivity index (χ4n) is 1.08. The van der Waals surface area contributed by atoms with E-state index in [1.165, 1.54) is 0 Å². The molecule has 0 saturated carbocycles. The predicted octanol–water partition coefficient (Wildman–Crippen LogP) is 1.18. The standard InChI is InChI=1S/C10H14BrN3O/c1-2-12-3-4-14-10(15)8-5-9(11)7-13-6-8/h5-7,12H,2-4H2,1H3,(H,14,15). The number of halogens is 1. The Morgan fingerprint density at radius 3 is 2.93 bits per heavy atom. The Morgan fingerprint density at radius 2 is 2.27 bits per heavy atom. The largest absolute Gasteiger partial charge is 0.351 e. The summed E-state index contributed by atoms with van der Waals surface area (Å²) in [5, 5.41) is 5.93. The second kappa shape index (κ2) is 6.53. The molecular formula is C10H14BrN3O. The first-order chi connectivity index (χ1) is 7.24. The molecule has 1 aromatic heterocycles. The van der Waals surface area contributed by atoms with Gasteiger partial charge in [-0.05, 0) is 28.5 Å². The minimum atomic E-state index is -0.0956. The minimum absolute atomic E-state index is 0.0956. The molecule has 0 atom stereocenters. The fourth-order valence-corrected chi connectivity index (χ4v) is 1.44. The molecule has 15 heavy (non-hydrogen) atoms. The summed E-state index contributed by atoms with van der Waals surface area (Å²) in [5.74, 6) is -0.0956. The number of carbonyl (C=O) groups excluding carboxylic acids is 1. The van der Waals surface area contributed by atoms with Gasteiger partial charge in [0.25, 0.3) is 5.91 Å². The van der Waals surface area contributed by atoms with Crippen LogP contribution in [0, 0.1) is 0 Å². The van der Waals surface area contributed by atoms with Crippen molar-refractivity contribution in [2.75, 3.05) is 19.6 Å². The molecule has 1 aromatic rings. The van der Waals surface area contributed by atoms with E-state index in [2.05, 4.69) is 31.5 Å². The molecule has 0 radical (unpaired) electrons. The van der Waals surface area contributed by atoms with E-state index >= 15 is 0 Å². The molecule has 0 spiro atoms. The van der Waals surface area contributed by atoms with Crippen LogP contribution in [0.15, 0.2) is 22.9 Å². The Bertz CT molecular complexity index is 330. The van der Waals surface area contributed by atoms with E-state index in [0.717, 1.165) is 17.6 Å². The average Bonchev–Trinajstić information content (AvgIpc) is 2.24. The highest BCUT2D eigenvalue weighted by Crippen LogP contribution is 2.08. The van der Waals surface area contributed by atoms with E-state index in [0.29, 0.717) is 12.1 Å². The first-order valence-corrected chi connectivity index (χ1v) is 5.62. The number of likely N-dealkylation sites (N-methyl/N-ethyl adjacent to an activating group) is 1. The van der Waals surface area contributed by atoms with E-state index in [1.807, 2.05) is 6.92 Å². The summed E-state index contributed by atoms with van der Waals surface area (Å²) < 4.78 is 0.807. The fraction of sp³-hybridized carbons (Fsp3) is 0.400. The van der Waals surface area contributed by atoms with Crippen LogP contribution in [0.2, 0.25) is 0 Å². The molecule has 5 heteroatoms. The van der Waals surface area contributed by atoms with Crippen molar-refractivity contribution in [3.63, 3.8) is 0 Å². The Morgan fingerprint density at radius 1 is 1.47 bits per heavy atom. The number of rotatable bonds is 5. The van der Waals surface area contributed by atoms with E-state index in [4.69, 9.17) is 0 Å². The zero-order valence-corrected chi connectivity index (χ0v) is 10.2. The number of amides is 1. The highest BCUT2D eigenvalue weighted by molar-refractivity contribution is 9.10. The number of aromatic nitrogens is 1. The van der Waals surface area contributed by atoms with E-state index in [1.54, 1.807) is 18.5 Å². The summed E-state index contributed by atoms with van der Waals surface area (Å²) in [5.41, 5.74) is 0.570. The van der Waals surface area contributed by atoms with Gasteiger partial charge in [-0.15, -0.1) is 0 Å². The minimum Gasteiger partial charge on any atom is -0.351 e. The van der Waals surface area contributed by atoms with Gasteiger partial charge in [0.05, 0.1) is 5.56 Å². The first kappa shape index (κ1) is 12.1. The van der Waals surface area contributed by atoms with Gasteiger partial charge in [0.1, 0.15) is 0 Å². The summed E-state index contributed by atoms with van der Waals surface area (Å²) in [6, 6.07) is 1.75.